The molecular formula is C19H18FNO2S. The van der Waals surface area contributed by atoms with Crippen molar-refractivity contribution < 1.29 is 12.8 Å². The van der Waals surface area contributed by atoms with E-state index in [1.807, 2.05) is 0 Å². The number of allylic oxidation sites excluding steroid dienone is 4. The van der Waals surface area contributed by atoms with Gasteiger partial charge in [0.2, 0.25) is 10.0 Å². The second kappa shape index (κ2) is 6.00. The van der Waals surface area contributed by atoms with Crippen LogP contribution < -0.4 is 5.14 Å². The first-order valence-corrected chi connectivity index (χ1v) is 9.14. The van der Waals surface area contributed by atoms with Crippen LogP contribution in [0.25, 0.3) is 11.1 Å². The molecule has 0 heterocycles. The molecule has 0 saturated heterocycles. The third-order valence-electron chi connectivity index (χ3n) is 4.39. The first-order valence-electron chi connectivity index (χ1n) is 7.59. The molecule has 0 amide bonds. The Morgan fingerprint density at radius 3 is 2.04 bits per heavy atom. The molecule has 1 atom stereocenters. The van der Waals surface area contributed by atoms with Crippen molar-refractivity contribution in [1.82, 2.24) is 0 Å². The van der Waals surface area contributed by atoms with Crippen LogP contribution in [0.2, 0.25) is 0 Å². The Morgan fingerprint density at radius 2 is 1.50 bits per heavy atom. The molecule has 0 bridgehead atoms. The van der Waals surface area contributed by atoms with E-state index in [0.29, 0.717) is 0 Å². The lowest BCUT2D eigenvalue weighted by Gasteiger charge is -2.12. The number of nitrogens with two attached hydrogens (primary N) is 1. The molecule has 1 aliphatic carbocycles. The van der Waals surface area contributed by atoms with E-state index >= 15 is 0 Å². The van der Waals surface area contributed by atoms with Crippen molar-refractivity contribution in [2.24, 2.45) is 11.1 Å². The highest BCUT2D eigenvalue weighted by Gasteiger charge is 2.23. The van der Waals surface area contributed by atoms with Gasteiger partial charge in [-0.15, -0.1) is 0 Å². The van der Waals surface area contributed by atoms with Crippen LogP contribution in [0.4, 0.5) is 4.39 Å². The molecule has 3 rings (SSSR count). The minimum absolute atomic E-state index is 0.0860. The van der Waals surface area contributed by atoms with E-state index in [9.17, 15) is 12.8 Å². The first-order chi connectivity index (χ1) is 11.3. The lowest BCUT2D eigenvalue weighted by Crippen LogP contribution is -2.11. The number of primary sulfonamides is 1. The molecule has 2 N–H and O–H groups in total. The third-order valence-corrected chi connectivity index (χ3v) is 5.32. The predicted octanol–water partition coefficient (Wildman–Crippen LogP) is 3.98. The van der Waals surface area contributed by atoms with Crippen molar-refractivity contribution >= 4 is 21.2 Å². The Kier molecular flexibility index (Phi) is 4.15. The summed E-state index contributed by atoms with van der Waals surface area (Å²) in [6.07, 6.45) is 2.14. The minimum Gasteiger partial charge on any atom is -0.225 e. The molecule has 2 aromatic carbocycles. The van der Waals surface area contributed by atoms with E-state index < -0.39 is 10.0 Å². The monoisotopic (exact) mass is 343 g/mol. The van der Waals surface area contributed by atoms with E-state index in [-0.39, 0.29) is 16.6 Å². The van der Waals surface area contributed by atoms with E-state index in [4.69, 9.17) is 5.14 Å². The highest BCUT2D eigenvalue weighted by Crippen LogP contribution is 2.42. The average Bonchev–Trinajstić information content (AvgIpc) is 2.83. The normalized spacial score (nSPS) is 18.0. The van der Waals surface area contributed by atoms with Crippen LogP contribution in [0.1, 0.15) is 25.0 Å². The van der Waals surface area contributed by atoms with Crippen LogP contribution in [0, 0.1) is 11.7 Å². The van der Waals surface area contributed by atoms with Gasteiger partial charge >= 0.3 is 0 Å². The summed E-state index contributed by atoms with van der Waals surface area (Å²) < 4.78 is 36.0. The highest BCUT2D eigenvalue weighted by molar-refractivity contribution is 7.89. The molecule has 0 fully saturated rings. The van der Waals surface area contributed by atoms with Gasteiger partial charge in [-0.05, 0) is 59.4 Å². The van der Waals surface area contributed by atoms with Crippen LogP contribution in [0.5, 0.6) is 0 Å². The highest BCUT2D eigenvalue weighted by atomic mass is 32.2. The molecule has 0 spiro atoms. The number of benzene rings is 2. The molecular weight excluding hydrogens is 325 g/mol. The predicted molar refractivity (Wildman–Crippen MR) is 94.0 cm³/mol. The summed E-state index contributed by atoms with van der Waals surface area (Å²) in [5, 5.41) is 5.16. The molecule has 3 nitrogen and oxygen atoms in total. The quantitative estimate of drug-likeness (QED) is 0.916. The Morgan fingerprint density at radius 1 is 0.958 bits per heavy atom. The summed E-state index contributed by atoms with van der Waals surface area (Å²) in [6.45, 7) is 4.16. The van der Waals surface area contributed by atoms with Crippen molar-refractivity contribution in [2.75, 3.05) is 0 Å². The topological polar surface area (TPSA) is 60.2 Å². The van der Waals surface area contributed by atoms with E-state index in [0.717, 1.165) is 22.3 Å². The van der Waals surface area contributed by atoms with Crippen LogP contribution >= 0.6 is 0 Å². The zero-order chi connectivity index (χ0) is 17.5. The second-order valence-electron chi connectivity index (χ2n) is 6.00. The smallest absolute Gasteiger partial charge is 0.225 e. The van der Waals surface area contributed by atoms with E-state index in [2.05, 4.69) is 19.9 Å². The van der Waals surface area contributed by atoms with Gasteiger partial charge in [-0.3, -0.25) is 0 Å². The van der Waals surface area contributed by atoms with Crippen LogP contribution in [-0.2, 0) is 10.0 Å². The Labute approximate surface area is 141 Å². The summed E-state index contributed by atoms with van der Waals surface area (Å²) in [5.74, 6) is -0.0110. The molecule has 24 heavy (non-hydrogen) atoms. The summed E-state index contributed by atoms with van der Waals surface area (Å²) in [6, 6.07) is 12.9. The van der Waals surface area contributed by atoms with E-state index in [1.54, 1.807) is 24.3 Å². The fraction of sp³-hybridized carbons (Fsp3) is 0.158. The maximum absolute atomic E-state index is 13.2. The number of hydrogen-bond acceptors (Lipinski definition) is 2. The largest absolute Gasteiger partial charge is 0.238 e. The van der Waals surface area contributed by atoms with Crippen molar-refractivity contribution in [2.45, 2.75) is 18.7 Å². The average molecular weight is 343 g/mol. The van der Waals surface area contributed by atoms with Crippen LogP contribution in [0.3, 0.4) is 0 Å². The summed E-state index contributed by atoms with van der Waals surface area (Å²) in [4.78, 5) is 0.0860. The summed E-state index contributed by atoms with van der Waals surface area (Å²) in [7, 11) is -3.71. The number of sulfonamides is 1. The SMILES string of the molecule is CC1=C(c2ccc(S(N)(=O)=O)cc2)C(c2ccc(F)cc2)=CC1C. The lowest BCUT2D eigenvalue weighted by atomic mass is 9.93. The van der Waals surface area contributed by atoms with Crippen molar-refractivity contribution in [3.8, 4) is 0 Å². The molecule has 1 aliphatic rings. The number of rotatable bonds is 3. The van der Waals surface area contributed by atoms with Gasteiger partial charge in [0.1, 0.15) is 5.82 Å². The summed E-state index contributed by atoms with van der Waals surface area (Å²) in [5.41, 5.74) is 5.13. The number of hydrogen-bond donors (Lipinski definition) is 1. The van der Waals surface area contributed by atoms with Gasteiger partial charge < -0.3 is 0 Å². The molecule has 0 aliphatic heterocycles. The second-order valence-corrected chi connectivity index (χ2v) is 7.56. The van der Waals surface area contributed by atoms with Crippen molar-refractivity contribution in [3.63, 3.8) is 0 Å². The van der Waals surface area contributed by atoms with Gasteiger partial charge in [-0.25, -0.2) is 17.9 Å². The van der Waals surface area contributed by atoms with Crippen molar-refractivity contribution in [1.29, 1.82) is 0 Å². The molecule has 5 heteroatoms. The molecule has 1 unspecified atom stereocenters. The molecule has 124 valence electrons. The zero-order valence-electron chi connectivity index (χ0n) is 13.5. The van der Waals surface area contributed by atoms with Gasteiger partial charge in [0.15, 0.2) is 0 Å². The maximum atomic E-state index is 13.2. The fourth-order valence-electron chi connectivity index (χ4n) is 2.96. The van der Waals surface area contributed by atoms with Gasteiger partial charge in [0.05, 0.1) is 4.90 Å². The Hall–Kier alpha value is -2.24. The Bertz CT molecular complexity index is 940. The van der Waals surface area contributed by atoms with Crippen molar-refractivity contribution in [3.05, 3.63) is 77.1 Å². The van der Waals surface area contributed by atoms with Gasteiger partial charge in [0.25, 0.3) is 0 Å². The number of halogens is 1. The molecule has 0 saturated carbocycles. The molecule has 0 aromatic heterocycles. The zero-order valence-corrected chi connectivity index (χ0v) is 14.3. The van der Waals surface area contributed by atoms with Gasteiger partial charge in [0, 0.05) is 0 Å². The standard InChI is InChI=1S/C19H18FNO2S/c1-12-11-18(14-3-7-16(20)8-4-14)19(13(12)2)15-5-9-17(10-6-15)24(21,22)23/h3-12H,1-2H3,(H2,21,22,23). The Balaban J connectivity index is 2.07. The fourth-order valence-corrected chi connectivity index (χ4v) is 3.48. The third kappa shape index (κ3) is 3.05. The first kappa shape index (κ1) is 16.6. The van der Waals surface area contributed by atoms with Crippen LogP contribution in [0.15, 0.2) is 65.1 Å². The maximum Gasteiger partial charge on any atom is 0.238 e. The lowest BCUT2D eigenvalue weighted by molar-refractivity contribution is 0.598. The molecule has 0 radical (unpaired) electrons. The van der Waals surface area contributed by atoms with E-state index in [1.165, 1.54) is 29.8 Å². The minimum atomic E-state index is -3.71. The van der Waals surface area contributed by atoms with Gasteiger partial charge in [-0.2, -0.15) is 0 Å². The van der Waals surface area contributed by atoms with Crippen LogP contribution in [-0.4, -0.2) is 8.42 Å². The molecule has 2 aromatic rings. The summed E-state index contributed by atoms with van der Waals surface area (Å²) >= 11 is 0. The van der Waals surface area contributed by atoms with Gasteiger partial charge in [-0.1, -0.05) is 42.8 Å².